The van der Waals surface area contributed by atoms with Gasteiger partial charge in [0, 0.05) is 6.61 Å². The summed E-state index contributed by atoms with van der Waals surface area (Å²) in [5, 5.41) is 0. The zero-order valence-corrected chi connectivity index (χ0v) is 14.3. The minimum absolute atomic E-state index is 0.0698. The molecule has 0 aromatic heterocycles. The smallest absolute Gasteiger partial charge is 0.265 e. The van der Waals surface area contributed by atoms with E-state index in [2.05, 4.69) is 18.4 Å². The molecule has 1 unspecified atom stereocenters. The van der Waals surface area contributed by atoms with Gasteiger partial charge < -0.3 is 33.3 Å². The van der Waals surface area contributed by atoms with Gasteiger partial charge in [-0.2, -0.15) is 0 Å². The molecule has 0 saturated heterocycles. The molecule has 0 aliphatic rings. The van der Waals surface area contributed by atoms with Crippen LogP contribution < -0.4 is 4.89 Å². The Labute approximate surface area is 132 Å². The molecule has 0 bridgehead atoms. The molecule has 0 amide bonds. The van der Waals surface area contributed by atoms with E-state index in [4.69, 9.17) is 23.8 Å². The first kappa shape index (κ1) is 21.9. The third-order valence-corrected chi connectivity index (χ3v) is 2.95. The van der Waals surface area contributed by atoms with Crippen LogP contribution in [0.2, 0.25) is 0 Å². The van der Waals surface area contributed by atoms with Gasteiger partial charge in [0.2, 0.25) is 0 Å². The van der Waals surface area contributed by atoms with Crippen molar-refractivity contribution in [2.45, 2.75) is 20.3 Å². The fourth-order valence-electron chi connectivity index (χ4n) is 1.29. The van der Waals surface area contributed by atoms with Crippen LogP contribution >= 0.6 is 7.82 Å². The molecular weight excluding hydrogens is 315 g/mol. The highest BCUT2D eigenvalue weighted by molar-refractivity contribution is 7.44. The van der Waals surface area contributed by atoms with Gasteiger partial charge in [0.05, 0.1) is 52.9 Å². The highest BCUT2D eigenvalue weighted by Crippen LogP contribution is 2.29. The second kappa shape index (κ2) is 14.5. The second-order valence-corrected chi connectivity index (χ2v) is 6.13. The van der Waals surface area contributed by atoms with Gasteiger partial charge in [0.1, 0.15) is 0 Å². The van der Waals surface area contributed by atoms with E-state index in [0.717, 1.165) is 13.0 Å². The van der Waals surface area contributed by atoms with E-state index in [-0.39, 0.29) is 13.2 Å². The van der Waals surface area contributed by atoms with Crippen molar-refractivity contribution >= 4 is 7.82 Å². The third kappa shape index (κ3) is 19.9. The Balaban J connectivity index is 3.04. The van der Waals surface area contributed by atoms with Gasteiger partial charge in [-0.05, 0) is 12.3 Å². The summed E-state index contributed by atoms with van der Waals surface area (Å²) in [6.07, 6.45) is 1.05. The standard InChI is InChI=1S/C13H29O8P/c1-13(2)3-4-17-5-6-18-7-8-19-9-10-20-11-12-21-22(14,15)16/h13H,3-12H2,1-2H3,(H2,14,15,16)/p-1. The largest absolute Gasteiger partial charge is 0.756 e. The SMILES string of the molecule is CC(C)CCOCCOCCOCCOCCOP(=O)([O-])O. The Morgan fingerprint density at radius 3 is 1.55 bits per heavy atom. The Kier molecular flexibility index (Phi) is 14.5. The summed E-state index contributed by atoms with van der Waals surface area (Å²) < 4.78 is 35.3. The predicted molar refractivity (Wildman–Crippen MR) is 78.5 cm³/mol. The zero-order chi connectivity index (χ0) is 16.7. The van der Waals surface area contributed by atoms with E-state index in [0.29, 0.717) is 45.6 Å². The first-order valence-electron chi connectivity index (χ1n) is 7.41. The van der Waals surface area contributed by atoms with E-state index in [1.54, 1.807) is 0 Å². The molecule has 1 N–H and O–H groups in total. The minimum Gasteiger partial charge on any atom is -0.756 e. The molecule has 9 heteroatoms. The Morgan fingerprint density at radius 2 is 1.18 bits per heavy atom. The molecule has 1 atom stereocenters. The number of phosphoric acid groups is 1. The van der Waals surface area contributed by atoms with Gasteiger partial charge in [-0.25, -0.2) is 0 Å². The fraction of sp³-hybridized carbons (Fsp3) is 1.00. The van der Waals surface area contributed by atoms with E-state index in [1.807, 2.05) is 0 Å². The average Bonchev–Trinajstić information content (AvgIpc) is 2.41. The number of ether oxygens (including phenoxy) is 4. The lowest BCUT2D eigenvalue weighted by atomic mass is 10.1. The van der Waals surface area contributed by atoms with Gasteiger partial charge in [-0.15, -0.1) is 0 Å². The molecule has 134 valence electrons. The molecule has 0 radical (unpaired) electrons. The summed E-state index contributed by atoms with van der Waals surface area (Å²) >= 11 is 0. The first-order chi connectivity index (χ1) is 10.4. The summed E-state index contributed by atoms with van der Waals surface area (Å²) in [5.41, 5.74) is 0. The summed E-state index contributed by atoms with van der Waals surface area (Å²) in [6, 6.07) is 0. The van der Waals surface area contributed by atoms with Crippen molar-refractivity contribution in [1.29, 1.82) is 0 Å². The molecule has 0 fully saturated rings. The van der Waals surface area contributed by atoms with Crippen LogP contribution in [0, 0.1) is 5.92 Å². The molecule has 22 heavy (non-hydrogen) atoms. The van der Waals surface area contributed by atoms with Gasteiger partial charge in [-0.3, -0.25) is 4.57 Å². The van der Waals surface area contributed by atoms with E-state index in [9.17, 15) is 9.46 Å². The van der Waals surface area contributed by atoms with Crippen LogP contribution in [0.1, 0.15) is 20.3 Å². The maximum atomic E-state index is 10.2. The van der Waals surface area contributed by atoms with E-state index < -0.39 is 7.82 Å². The molecule has 0 aliphatic heterocycles. The first-order valence-corrected chi connectivity index (χ1v) is 8.90. The minimum atomic E-state index is -4.64. The highest BCUT2D eigenvalue weighted by Gasteiger charge is 2.00. The van der Waals surface area contributed by atoms with E-state index >= 15 is 0 Å². The molecule has 8 nitrogen and oxygen atoms in total. The molecule has 0 saturated carbocycles. The monoisotopic (exact) mass is 343 g/mol. The number of hydrogen-bond donors (Lipinski definition) is 1. The van der Waals surface area contributed by atoms with Crippen molar-refractivity contribution in [3.8, 4) is 0 Å². The number of hydrogen-bond acceptors (Lipinski definition) is 7. The van der Waals surface area contributed by atoms with Crippen LogP contribution in [0.15, 0.2) is 0 Å². The van der Waals surface area contributed by atoms with Gasteiger partial charge in [0.15, 0.2) is 0 Å². The van der Waals surface area contributed by atoms with Crippen molar-refractivity contribution in [3.63, 3.8) is 0 Å². The van der Waals surface area contributed by atoms with Crippen molar-refractivity contribution in [1.82, 2.24) is 0 Å². The third-order valence-electron chi connectivity index (χ3n) is 2.44. The van der Waals surface area contributed by atoms with Gasteiger partial charge in [0.25, 0.3) is 7.82 Å². The van der Waals surface area contributed by atoms with Crippen LogP contribution in [0.5, 0.6) is 0 Å². The lowest BCUT2D eigenvalue weighted by molar-refractivity contribution is -0.220. The molecule has 0 aromatic carbocycles. The summed E-state index contributed by atoms with van der Waals surface area (Å²) in [6.45, 7) is 7.70. The zero-order valence-electron chi connectivity index (χ0n) is 13.4. The molecule has 0 spiro atoms. The molecule has 0 heterocycles. The topological polar surface area (TPSA) is 107 Å². The van der Waals surface area contributed by atoms with Crippen LogP contribution in [0.25, 0.3) is 0 Å². The summed E-state index contributed by atoms with van der Waals surface area (Å²) in [7, 11) is -4.64. The average molecular weight is 343 g/mol. The number of rotatable bonds is 16. The maximum Gasteiger partial charge on any atom is 0.265 e. The van der Waals surface area contributed by atoms with Crippen LogP contribution in [-0.4, -0.2) is 64.4 Å². The molecule has 0 rings (SSSR count). The van der Waals surface area contributed by atoms with Gasteiger partial charge >= 0.3 is 0 Å². The normalized spacial score (nSPS) is 14.4. The maximum absolute atomic E-state index is 10.2. The Bertz CT molecular complexity index is 281. The molecular formula is C13H28O8P-. The van der Waals surface area contributed by atoms with Crippen molar-refractivity contribution in [3.05, 3.63) is 0 Å². The van der Waals surface area contributed by atoms with E-state index in [1.165, 1.54) is 0 Å². The number of phosphoric ester groups is 1. The van der Waals surface area contributed by atoms with Crippen LogP contribution in [0.4, 0.5) is 0 Å². The van der Waals surface area contributed by atoms with Crippen LogP contribution in [-0.2, 0) is 28.0 Å². The lowest BCUT2D eigenvalue weighted by Crippen LogP contribution is -2.14. The summed E-state index contributed by atoms with van der Waals surface area (Å²) in [4.78, 5) is 18.5. The lowest BCUT2D eigenvalue weighted by Gasteiger charge is -2.15. The van der Waals surface area contributed by atoms with Crippen molar-refractivity contribution < 1.29 is 37.8 Å². The second-order valence-electron chi connectivity index (χ2n) is 4.93. The molecule has 0 aromatic rings. The van der Waals surface area contributed by atoms with Gasteiger partial charge in [-0.1, -0.05) is 13.8 Å². The fourth-order valence-corrected chi connectivity index (χ4v) is 1.60. The highest BCUT2D eigenvalue weighted by atomic mass is 31.2. The molecule has 0 aliphatic carbocycles. The van der Waals surface area contributed by atoms with Crippen molar-refractivity contribution in [2.75, 3.05) is 59.5 Å². The Morgan fingerprint density at radius 1 is 0.818 bits per heavy atom. The quantitative estimate of drug-likeness (QED) is 0.320. The van der Waals surface area contributed by atoms with Crippen LogP contribution in [0.3, 0.4) is 0 Å². The summed E-state index contributed by atoms with van der Waals surface area (Å²) in [5.74, 6) is 0.650. The predicted octanol–water partition coefficient (Wildman–Crippen LogP) is 0.576. The Hall–Kier alpha value is -0.0500. The van der Waals surface area contributed by atoms with Crippen molar-refractivity contribution in [2.24, 2.45) is 5.92 Å².